The van der Waals surface area contributed by atoms with Crippen LogP contribution in [0.15, 0.2) is 53.5 Å². The quantitative estimate of drug-likeness (QED) is 0.701. The molecule has 3 aromatic rings. The summed E-state index contributed by atoms with van der Waals surface area (Å²) in [5.74, 6) is 0.206. The van der Waals surface area contributed by atoms with E-state index in [1.807, 2.05) is 43.4 Å². The van der Waals surface area contributed by atoms with E-state index in [-0.39, 0.29) is 5.88 Å². The molecule has 0 bridgehead atoms. The summed E-state index contributed by atoms with van der Waals surface area (Å²) in [6.07, 6.45) is 1.67. The molecular formula is C16H13ClN2O. The molecule has 3 nitrogen and oxygen atoms in total. The van der Waals surface area contributed by atoms with Crippen molar-refractivity contribution in [3.05, 3.63) is 59.1 Å². The van der Waals surface area contributed by atoms with E-state index in [4.69, 9.17) is 11.6 Å². The smallest absolute Gasteiger partial charge is 0.200 e. The number of hydrogen-bond donors (Lipinski definition) is 1. The zero-order chi connectivity index (χ0) is 14.1. The van der Waals surface area contributed by atoms with Gasteiger partial charge in [-0.2, -0.15) is 0 Å². The van der Waals surface area contributed by atoms with Crippen molar-refractivity contribution in [3.63, 3.8) is 0 Å². The van der Waals surface area contributed by atoms with Crippen LogP contribution in [0.2, 0.25) is 5.02 Å². The molecule has 0 aliphatic rings. The highest BCUT2D eigenvalue weighted by Gasteiger charge is 2.11. The number of benzene rings is 2. The molecule has 20 heavy (non-hydrogen) atoms. The van der Waals surface area contributed by atoms with Crippen molar-refractivity contribution >= 4 is 34.4 Å². The second-order valence-electron chi connectivity index (χ2n) is 4.55. The van der Waals surface area contributed by atoms with Crippen molar-refractivity contribution in [2.75, 3.05) is 0 Å². The second kappa shape index (κ2) is 5.02. The lowest BCUT2D eigenvalue weighted by molar-refractivity contribution is 0.434. The molecule has 1 aromatic heterocycles. The summed E-state index contributed by atoms with van der Waals surface area (Å²) in [5.41, 5.74) is 2.44. The molecule has 0 aliphatic heterocycles. The van der Waals surface area contributed by atoms with E-state index in [1.165, 1.54) is 0 Å². The zero-order valence-electron chi connectivity index (χ0n) is 10.9. The molecule has 0 saturated heterocycles. The molecule has 0 radical (unpaired) electrons. The molecule has 0 atom stereocenters. The Morgan fingerprint density at radius 3 is 2.75 bits per heavy atom. The predicted molar refractivity (Wildman–Crippen MR) is 83.3 cm³/mol. The van der Waals surface area contributed by atoms with Crippen LogP contribution in [0.1, 0.15) is 5.56 Å². The number of aromatic nitrogens is 1. The Morgan fingerprint density at radius 2 is 1.95 bits per heavy atom. The Hall–Kier alpha value is -2.26. The number of halogens is 1. The monoisotopic (exact) mass is 284 g/mol. The second-order valence-corrected chi connectivity index (χ2v) is 4.99. The van der Waals surface area contributed by atoms with Gasteiger partial charge in [-0.3, -0.25) is 4.99 Å². The van der Waals surface area contributed by atoms with E-state index in [0.717, 1.165) is 16.6 Å². The number of aromatic hydroxyl groups is 1. The lowest BCUT2D eigenvalue weighted by Crippen LogP contribution is -1.85. The van der Waals surface area contributed by atoms with Crippen LogP contribution in [0.25, 0.3) is 10.9 Å². The summed E-state index contributed by atoms with van der Waals surface area (Å²) < 4.78 is 1.74. The van der Waals surface area contributed by atoms with Gasteiger partial charge in [0.15, 0.2) is 0 Å². The van der Waals surface area contributed by atoms with Crippen molar-refractivity contribution in [1.29, 1.82) is 0 Å². The van der Waals surface area contributed by atoms with E-state index in [1.54, 1.807) is 22.9 Å². The molecule has 1 N–H and O–H groups in total. The first kappa shape index (κ1) is 12.8. The number of aryl methyl sites for hydroxylation is 1. The standard InChI is InChI=1S/C16H13ClN2O/c1-19-15-8-3-2-7-13(15)14(16(19)20)10-18-12-6-4-5-11(17)9-12/h2-10,20H,1H3. The van der Waals surface area contributed by atoms with Crippen LogP contribution in [-0.2, 0) is 7.05 Å². The van der Waals surface area contributed by atoms with Gasteiger partial charge in [-0.15, -0.1) is 0 Å². The molecular weight excluding hydrogens is 272 g/mol. The van der Waals surface area contributed by atoms with Crippen molar-refractivity contribution in [2.24, 2.45) is 12.0 Å². The van der Waals surface area contributed by atoms with E-state index in [0.29, 0.717) is 10.6 Å². The van der Waals surface area contributed by atoms with E-state index < -0.39 is 0 Å². The van der Waals surface area contributed by atoms with Gasteiger partial charge in [0.1, 0.15) is 0 Å². The molecule has 0 amide bonds. The molecule has 0 aliphatic carbocycles. The Kier molecular flexibility index (Phi) is 3.20. The van der Waals surface area contributed by atoms with Crippen LogP contribution in [-0.4, -0.2) is 15.9 Å². The van der Waals surface area contributed by atoms with E-state index in [2.05, 4.69) is 4.99 Å². The molecule has 100 valence electrons. The van der Waals surface area contributed by atoms with Crippen LogP contribution >= 0.6 is 11.6 Å². The summed E-state index contributed by atoms with van der Waals surface area (Å²) in [6, 6.07) is 15.1. The van der Waals surface area contributed by atoms with Gasteiger partial charge in [0.25, 0.3) is 0 Å². The Morgan fingerprint density at radius 1 is 1.15 bits per heavy atom. The van der Waals surface area contributed by atoms with Gasteiger partial charge in [-0.25, -0.2) is 0 Å². The van der Waals surface area contributed by atoms with Crippen LogP contribution in [0.3, 0.4) is 0 Å². The minimum atomic E-state index is 0.206. The number of aliphatic imine (C=N–C) groups is 1. The third-order valence-electron chi connectivity index (χ3n) is 3.27. The molecule has 3 rings (SSSR count). The summed E-state index contributed by atoms with van der Waals surface area (Å²) in [6.45, 7) is 0. The maximum absolute atomic E-state index is 10.2. The van der Waals surface area contributed by atoms with Crippen molar-refractivity contribution < 1.29 is 5.11 Å². The van der Waals surface area contributed by atoms with Gasteiger partial charge in [-0.1, -0.05) is 35.9 Å². The predicted octanol–water partition coefficient (Wildman–Crippen LogP) is 4.29. The molecule has 1 heterocycles. The Balaban J connectivity index is 2.09. The van der Waals surface area contributed by atoms with Crippen LogP contribution in [0, 0.1) is 0 Å². The molecule has 0 unspecified atom stereocenters. The third kappa shape index (κ3) is 2.17. The summed E-state index contributed by atoms with van der Waals surface area (Å²) in [4.78, 5) is 4.38. The fraction of sp³-hybridized carbons (Fsp3) is 0.0625. The summed E-state index contributed by atoms with van der Waals surface area (Å²) in [7, 11) is 1.83. The molecule has 2 aromatic carbocycles. The van der Waals surface area contributed by atoms with Gasteiger partial charge in [0, 0.05) is 23.7 Å². The lowest BCUT2D eigenvalue weighted by atomic mass is 10.2. The summed E-state index contributed by atoms with van der Waals surface area (Å²) >= 11 is 5.93. The largest absolute Gasteiger partial charge is 0.494 e. The molecule has 0 fully saturated rings. The number of hydrogen-bond acceptors (Lipinski definition) is 2. The number of nitrogens with zero attached hydrogens (tertiary/aromatic N) is 2. The zero-order valence-corrected chi connectivity index (χ0v) is 11.7. The van der Waals surface area contributed by atoms with Crippen molar-refractivity contribution in [1.82, 2.24) is 4.57 Å². The highest BCUT2D eigenvalue weighted by atomic mass is 35.5. The van der Waals surface area contributed by atoms with E-state index in [9.17, 15) is 5.11 Å². The summed E-state index contributed by atoms with van der Waals surface area (Å²) in [5, 5.41) is 11.8. The maximum Gasteiger partial charge on any atom is 0.200 e. The van der Waals surface area contributed by atoms with Gasteiger partial charge in [0.2, 0.25) is 5.88 Å². The fourth-order valence-corrected chi connectivity index (χ4v) is 2.42. The normalized spacial score (nSPS) is 11.5. The Bertz CT molecular complexity index is 805. The molecule has 4 heteroatoms. The highest BCUT2D eigenvalue weighted by Crippen LogP contribution is 2.29. The lowest BCUT2D eigenvalue weighted by Gasteiger charge is -1.96. The molecule has 0 saturated carbocycles. The van der Waals surface area contributed by atoms with Crippen LogP contribution < -0.4 is 0 Å². The van der Waals surface area contributed by atoms with Crippen LogP contribution in [0.5, 0.6) is 5.88 Å². The number of para-hydroxylation sites is 1. The SMILES string of the molecule is Cn1c(O)c(C=Nc2cccc(Cl)c2)c2ccccc21. The fourth-order valence-electron chi connectivity index (χ4n) is 2.23. The van der Waals surface area contributed by atoms with Crippen LogP contribution in [0.4, 0.5) is 5.69 Å². The topological polar surface area (TPSA) is 37.5 Å². The number of rotatable bonds is 2. The molecule has 0 spiro atoms. The van der Waals surface area contributed by atoms with Gasteiger partial charge in [0.05, 0.1) is 16.8 Å². The van der Waals surface area contributed by atoms with Crippen molar-refractivity contribution in [3.8, 4) is 5.88 Å². The maximum atomic E-state index is 10.2. The first-order valence-electron chi connectivity index (χ1n) is 6.23. The number of fused-ring (bicyclic) bond motifs is 1. The van der Waals surface area contributed by atoms with Gasteiger partial charge < -0.3 is 9.67 Å². The van der Waals surface area contributed by atoms with Gasteiger partial charge >= 0.3 is 0 Å². The van der Waals surface area contributed by atoms with E-state index >= 15 is 0 Å². The average molecular weight is 285 g/mol. The minimum Gasteiger partial charge on any atom is -0.494 e. The third-order valence-corrected chi connectivity index (χ3v) is 3.50. The highest BCUT2D eigenvalue weighted by molar-refractivity contribution is 6.30. The Labute approximate surface area is 121 Å². The first-order valence-corrected chi connectivity index (χ1v) is 6.60. The minimum absolute atomic E-state index is 0.206. The average Bonchev–Trinajstić information content (AvgIpc) is 2.70. The first-order chi connectivity index (χ1) is 9.66. The van der Waals surface area contributed by atoms with Gasteiger partial charge in [-0.05, 0) is 24.3 Å². The van der Waals surface area contributed by atoms with Crippen molar-refractivity contribution in [2.45, 2.75) is 0 Å².